The number of alkyl halides is 3. The molecule has 33 heavy (non-hydrogen) atoms. The monoisotopic (exact) mass is 470 g/mol. The van der Waals surface area contributed by atoms with Gasteiger partial charge in [-0.1, -0.05) is 0 Å². The molecule has 2 heterocycles. The Kier molecular flexibility index (Phi) is 7.04. The fraction of sp³-hybridized carbons (Fsp3) is 0.476. The highest BCUT2D eigenvalue weighted by Crippen LogP contribution is 2.38. The molecule has 0 atom stereocenters. The Morgan fingerprint density at radius 2 is 1.67 bits per heavy atom. The molecule has 1 aliphatic heterocycles. The second-order valence-electron chi connectivity index (χ2n) is 7.46. The van der Waals surface area contributed by atoms with Crippen molar-refractivity contribution in [2.45, 2.75) is 25.1 Å². The normalized spacial score (nSPS) is 15.2. The Balaban J connectivity index is 1.68. The van der Waals surface area contributed by atoms with Crippen molar-refractivity contribution in [3.63, 3.8) is 0 Å². The predicted molar refractivity (Wildman–Crippen MR) is 112 cm³/mol. The minimum Gasteiger partial charge on any atom is -0.493 e. The number of aromatic nitrogens is 3. The Labute approximate surface area is 187 Å². The van der Waals surface area contributed by atoms with E-state index < -0.39 is 23.7 Å². The van der Waals surface area contributed by atoms with Crippen LogP contribution in [0.25, 0.3) is 6.08 Å². The van der Waals surface area contributed by atoms with Crippen LogP contribution < -0.4 is 19.9 Å². The molecule has 1 saturated heterocycles. The van der Waals surface area contributed by atoms with Gasteiger partial charge in [0, 0.05) is 26.2 Å². The third-order valence-corrected chi connectivity index (χ3v) is 5.48. The highest BCUT2D eigenvalue weighted by molar-refractivity contribution is 5.92. The molecule has 9 nitrogen and oxygen atoms in total. The van der Waals surface area contributed by atoms with Gasteiger partial charge in [0.1, 0.15) is 0 Å². The molecule has 1 amide bonds. The molecule has 0 spiro atoms. The van der Waals surface area contributed by atoms with Gasteiger partial charge in [-0.2, -0.15) is 13.2 Å². The van der Waals surface area contributed by atoms with Crippen LogP contribution in [0.15, 0.2) is 23.0 Å². The Bertz CT molecular complexity index is 1070. The van der Waals surface area contributed by atoms with E-state index in [1.165, 1.54) is 27.4 Å². The maximum Gasteiger partial charge on any atom is 0.451 e. The van der Waals surface area contributed by atoms with Gasteiger partial charge >= 0.3 is 11.9 Å². The van der Waals surface area contributed by atoms with Gasteiger partial charge in [0.25, 0.3) is 0 Å². The number of methoxy groups -OCH3 is 3. The summed E-state index contributed by atoms with van der Waals surface area (Å²) in [5, 5.41) is 3.49. The van der Waals surface area contributed by atoms with Crippen LogP contribution in [0.5, 0.6) is 17.2 Å². The molecule has 0 unspecified atom stereocenters. The van der Waals surface area contributed by atoms with Crippen molar-refractivity contribution in [1.29, 1.82) is 0 Å². The molecule has 3 rings (SSSR count). The third kappa shape index (κ3) is 4.99. The number of benzene rings is 1. The van der Waals surface area contributed by atoms with E-state index >= 15 is 0 Å². The van der Waals surface area contributed by atoms with Crippen LogP contribution in [0.3, 0.4) is 0 Å². The first-order valence-electron chi connectivity index (χ1n) is 10.1. The summed E-state index contributed by atoms with van der Waals surface area (Å²) in [7, 11) is 5.52. The molecule has 0 N–H and O–H groups in total. The van der Waals surface area contributed by atoms with Gasteiger partial charge in [-0.15, -0.1) is 5.10 Å². The van der Waals surface area contributed by atoms with Gasteiger partial charge in [-0.3, -0.25) is 9.36 Å². The lowest BCUT2D eigenvalue weighted by molar-refractivity contribution is -0.147. The first-order chi connectivity index (χ1) is 15.6. The standard InChI is InChI=1S/C21H25F3N4O5/c1-26-19(21(22,23)24)25-28(20(26)30)14-7-9-27(10-8-14)17(29)6-5-13-11-15(31-2)18(33-4)16(12-13)32-3/h5-6,11-12,14H,7-10H2,1-4H3/b6-5+. The lowest BCUT2D eigenvalue weighted by Gasteiger charge is -2.30. The summed E-state index contributed by atoms with van der Waals surface area (Å²) in [4.78, 5) is 26.4. The zero-order valence-corrected chi connectivity index (χ0v) is 18.7. The van der Waals surface area contributed by atoms with Crippen molar-refractivity contribution in [2.75, 3.05) is 34.4 Å². The predicted octanol–water partition coefficient (Wildman–Crippen LogP) is 2.50. The van der Waals surface area contributed by atoms with E-state index in [0.717, 1.165) is 11.7 Å². The largest absolute Gasteiger partial charge is 0.493 e. The number of halogens is 3. The van der Waals surface area contributed by atoms with Crippen molar-refractivity contribution in [3.05, 3.63) is 40.1 Å². The summed E-state index contributed by atoms with van der Waals surface area (Å²) in [6, 6.07) is 2.88. The quantitative estimate of drug-likeness (QED) is 0.603. The second-order valence-corrected chi connectivity index (χ2v) is 7.46. The number of carbonyl (C=O) groups is 1. The number of piperidine rings is 1. The Morgan fingerprint density at radius 3 is 2.12 bits per heavy atom. The molecular formula is C21H25F3N4O5. The minimum absolute atomic E-state index is 0.258. The van der Waals surface area contributed by atoms with E-state index in [-0.39, 0.29) is 19.0 Å². The number of rotatable bonds is 6. The maximum absolute atomic E-state index is 13.0. The van der Waals surface area contributed by atoms with Crippen LogP contribution in [0, 0.1) is 0 Å². The molecular weight excluding hydrogens is 445 g/mol. The average Bonchev–Trinajstić information content (AvgIpc) is 3.11. The van der Waals surface area contributed by atoms with E-state index in [0.29, 0.717) is 40.2 Å². The summed E-state index contributed by atoms with van der Waals surface area (Å²) in [5.41, 5.74) is -0.165. The summed E-state index contributed by atoms with van der Waals surface area (Å²) in [5.74, 6) is -0.164. The van der Waals surface area contributed by atoms with Crippen molar-refractivity contribution < 1.29 is 32.2 Å². The average molecular weight is 470 g/mol. The lowest BCUT2D eigenvalue weighted by Crippen LogP contribution is -2.40. The molecule has 0 bridgehead atoms. The number of likely N-dealkylation sites (tertiary alicyclic amines) is 1. The van der Waals surface area contributed by atoms with Crippen LogP contribution in [0.2, 0.25) is 0 Å². The van der Waals surface area contributed by atoms with Crippen molar-refractivity contribution in [1.82, 2.24) is 19.2 Å². The van der Waals surface area contributed by atoms with Crippen molar-refractivity contribution in [2.24, 2.45) is 7.05 Å². The van der Waals surface area contributed by atoms with Crippen molar-refractivity contribution in [3.8, 4) is 17.2 Å². The van der Waals surface area contributed by atoms with Crippen LogP contribution in [-0.4, -0.2) is 59.6 Å². The molecule has 2 aromatic rings. The first kappa shape index (κ1) is 24.2. The molecule has 1 aliphatic rings. The SMILES string of the molecule is COc1cc(/C=C/C(=O)N2CCC(n3nc(C(F)(F)F)n(C)c3=O)CC2)cc(OC)c1OC. The van der Waals surface area contributed by atoms with E-state index in [2.05, 4.69) is 5.10 Å². The topological polar surface area (TPSA) is 87.8 Å². The number of nitrogens with zero attached hydrogens (tertiary/aromatic N) is 4. The molecule has 0 radical (unpaired) electrons. The minimum atomic E-state index is -4.71. The van der Waals surface area contributed by atoms with Crippen LogP contribution >= 0.6 is 0 Å². The van der Waals surface area contributed by atoms with Gasteiger partial charge in [0.2, 0.25) is 17.5 Å². The lowest BCUT2D eigenvalue weighted by atomic mass is 10.1. The van der Waals surface area contributed by atoms with Crippen LogP contribution in [-0.2, 0) is 18.0 Å². The Hall–Kier alpha value is -3.44. The zero-order valence-electron chi connectivity index (χ0n) is 18.7. The molecule has 1 aromatic heterocycles. The number of carbonyl (C=O) groups excluding carboxylic acids is 1. The second kappa shape index (κ2) is 9.59. The number of hydrogen-bond acceptors (Lipinski definition) is 6. The van der Waals surface area contributed by atoms with Gasteiger partial charge in [0.05, 0.1) is 27.4 Å². The molecule has 180 valence electrons. The molecule has 0 saturated carbocycles. The third-order valence-electron chi connectivity index (χ3n) is 5.48. The fourth-order valence-electron chi connectivity index (χ4n) is 3.74. The molecule has 0 aliphatic carbocycles. The van der Waals surface area contributed by atoms with Gasteiger partial charge < -0.3 is 19.1 Å². The van der Waals surface area contributed by atoms with Crippen LogP contribution in [0.1, 0.15) is 30.3 Å². The fourth-order valence-corrected chi connectivity index (χ4v) is 3.74. The number of ether oxygens (including phenoxy) is 3. The van der Waals surface area contributed by atoms with E-state index in [9.17, 15) is 22.8 Å². The highest BCUT2D eigenvalue weighted by Gasteiger charge is 2.39. The molecule has 1 fully saturated rings. The summed E-state index contributed by atoms with van der Waals surface area (Å²) < 4.78 is 56.3. The smallest absolute Gasteiger partial charge is 0.451 e. The van der Waals surface area contributed by atoms with Crippen molar-refractivity contribution >= 4 is 12.0 Å². The van der Waals surface area contributed by atoms with Gasteiger partial charge in [-0.05, 0) is 36.6 Å². The van der Waals surface area contributed by atoms with E-state index in [1.54, 1.807) is 23.1 Å². The highest BCUT2D eigenvalue weighted by atomic mass is 19.4. The summed E-state index contributed by atoms with van der Waals surface area (Å²) in [6.45, 7) is 0.570. The Morgan fingerprint density at radius 1 is 1.09 bits per heavy atom. The first-order valence-corrected chi connectivity index (χ1v) is 10.1. The number of amides is 1. The van der Waals surface area contributed by atoms with Gasteiger partial charge in [0.15, 0.2) is 11.5 Å². The maximum atomic E-state index is 13.0. The van der Waals surface area contributed by atoms with E-state index in [4.69, 9.17) is 14.2 Å². The summed E-state index contributed by atoms with van der Waals surface area (Å²) >= 11 is 0. The van der Waals surface area contributed by atoms with Crippen LogP contribution in [0.4, 0.5) is 13.2 Å². The number of hydrogen-bond donors (Lipinski definition) is 0. The molecule has 12 heteroatoms. The zero-order chi connectivity index (χ0) is 24.3. The van der Waals surface area contributed by atoms with Gasteiger partial charge in [-0.25, -0.2) is 9.48 Å². The molecule has 1 aromatic carbocycles. The van der Waals surface area contributed by atoms with E-state index in [1.807, 2.05) is 0 Å². The summed E-state index contributed by atoms with van der Waals surface area (Å²) in [6.07, 6.45) is -1.07.